The van der Waals surface area contributed by atoms with Gasteiger partial charge < -0.3 is 23.5 Å². The molecule has 0 amide bonds. The van der Waals surface area contributed by atoms with E-state index >= 15 is 0 Å². The van der Waals surface area contributed by atoms with Crippen LogP contribution in [-0.4, -0.2) is 45.2 Å². The van der Waals surface area contributed by atoms with Crippen molar-refractivity contribution in [2.24, 2.45) is 0 Å². The minimum atomic E-state index is -3.85. The SMILES string of the molecule is O=C1C[C@@H](c2ccc(NS(=O)(=O)c3ccc4c(c3)OCCO4)cc2)c2cccn2-c2cc3c(cc21)OCCO3. The topological polar surface area (TPSA) is 105 Å². The summed E-state index contributed by atoms with van der Waals surface area (Å²) in [7, 11) is -3.85. The van der Waals surface area contributed by atoms with Gasteiger partial charge in [0.25, 0.3) is 10.0 Å². The van der Waals surface area contributed by atoms with Crippen molar-refractivity contribution >= 4 is 21.5 Å². The molecule has 0 aliphatic carbocycles. The van der Waals surface area contributed by atoms with Gasteiger partial charge in [-0.3, -0.25) is 9.52 Å². The predicted octanol–water partition coefficient (Wildman–Crippen LogP) is 4.54. The highest BCUT2D eigenvalue weighted by Gasteiger charge is 2.30. The molecule has 9 nitrogen and oxygen atoms in total. The zero-order chi connectivity index (χ0) is 26.6. The van der Waals surface area contributed by atoms with E-state index in [2.05, 4.69) is 4.72 Å². The Kier molecular flexibility index (Phi) is 5.52. The Morgan fingerprint density at radius 3 is 2.18 bits per heavy atom. The number of carbonyl (C=O) groups is 1. The molecule has 0 saturated heterocycles. The fraction of sp³-hybridized carbons (Fsp3) is 0.207. The summed E-state index contributed by atoms with van der Waals surface area (Å²) in [6, 6.07) is 19.3. The molecule has 0 unspecified atom stereocenters. The number of ketones is 1. The Balaban J connectivity index is 1.17. The zero-order valence-corrected chi connectivity index (χ0v) is 21.6. The fourth-order valence-electron chi connectivity index (χ4n) is 5.28. The van der Waals surface area contributed by atoms with Crippen LogP contribution in [0.3, 0.4) is 0 Å². The van der Waals surface area contributed by atoms with Crippen molar-refractivity contribution in [3.05, 3.63) is 89.7 Å². The molecule has 1 aromatic heterocycles. The van der Waals surface area contributed by atoms with Gasteiger partial charge in [0.2, 0.25) is 0 Å². The van der Waals surface area contributed by atoms with Gasteiger partial charge in [-0.15, -0.1) is 0 Å². The molecule has 39 heavy (non-hydrogen) atoms. The molecule has 1 atom stereocenters. The molecule has 0 spiro atoms. The molecule has 3 aliphatic heterocycles. The van der Waals surface area contributed by atoms with Gasteiger partial charge in [-0.2, -0.15) is 0 Å². The van der Waals surface area contributed by atoms with Gasteiger partial charge in [0.1, 0.15) is 26.4 Å². The molecule has 1 N–H and O–H groups in total. The van der Waals surface area contributed by atoms with Crippen molar-refractivity contribution in [3.63, 3.8) is 0 Å². The van der Waals surface area contributed by atoms with Gasteiger partial charge in [-0.05, 0) is 48.0 Å². The molecule has 4 heterocycles. The van der Waals surface area contributed by atoms with E-state index in [9.17, 15) is 13.2 Å². The lowest BCUT2D eigenvalue weighted by molar-refractivity contribution is 0.0978. The molecule has 198 valence electrons. The monoisotopic (exact) mass is 544 g/mol. The van der Waals surface area contributed by atoms with Gasteiger partial charge in [0.05, 0.1) is 10.6 Å². The van der Waals surface area contributed by atoms with Crippen molar-refractivity contribution in [1.29, 1.82) is 0 Å². The first-order valence-corrected chi connectivity index (χ1v) is 14.1. The Morgan fingerprint density at radius 2 is 1.44 bits per heavy atom. The average Bonchev–Trinajstić information content (AvgIpc) is 3.41. The molecule has 7 rings (SSSR count). The van der Waals surface area contributed by atoms with Gasteiger partial charge in [-0.1, -0.05) is 12.1 Å². The van der Waals surface area contributed by atoms with E-state index in [0.717, 1.165) is 16.9 Å². The normalized spacial score (nSPS) is 17.5. The second kappa shape index (κ2) is 9.09. The summed E-state index contributed by atoms with van der Waals surface area (Å²) in [6.45, 7) is 1.71. The van der Waals surface area contributed by atoms with Crippen molar-refractivity contribution in [2.45, 2.75) is 17.2 Å². The predicted molar refractivity (Wildman–Crippen MR) is 142 cm³/mol. The zero-order valence-electron chi connectivity index (χ0n) is 20.8. The van der Waals surface area contributed by atoms with E-state index in [1.165, 1.54) is 12.1 Å². The Bertz CT molecular complexity index is 1710. The smallest absolute Gasteiger partial charge is 0.262 e. The maximum absolute atomic E-state index is 13.4. The third-order valence-electron chi connectivity index (χ3n) is 7.14. The lowest BCUT2D eigenvalue weighted by atomic mass is 9.90. The number of fused-ring (bicyclic) bond motifs is 5. The van der Waals surface area contributed by atoms with Crippen LogP contribution in [0.5, 0.6) is 23.0 Å². The number of anilines is 1. The van der Waals surface area contributed by atoms with Crippen LogP contribution in [0.2, 0.25) is 0 Å². The molecular weight excluding hydrogens is 520 g/mol. The number of hydrogen-bond donors (Lipinski definition) is 1. The molecular formula is C29H24N2O7S. The quantitative estimate of drug-likeness (QED) is 0.402. The van der Waals surface area contributed by atoms with Gasteiger partial charge in [0.15, 0.2) is 28.8 Å². The van der Waals surface area contributed by atoms with Gasteiger partial charge >= 0.3 is 0 Å². The Hall–Kier alpha value is -4.44. The summed E-state index contributed by atoms with van der Waals surface area (Å²) < 4.78 is 53.2. The first kappa shape index (κ1) is 23.7. The summed E-state index contributed by atoms with van der Waals surface area (Å²) in [6.07, 6.45) is 2.20. The third-order valence-corrected chi connectivity index (χ3v) is 8.52. The largest absolute Gasteiger partial charge is 0.486 e. The molecule has 0 radical (unpaired) electrons. The molecule has 0 fully saturated rings. The average molecular weight is 545 g/mol. The number of sulfonamides is 1. The van der Waals surface area contributed by atoms with Crippen LogP contribution in [0, 0.1) is 0 Å². The van der Waals surface area contributed by atoms with Crippen molar-refractivity contribution in [1.82, 2.24) is 4.57 Å². The highest BCUT2D eigenvalue weighted by atomic mass is 32.2. The number of ether oxygens (including phenoxy) is 4. The Morgan fingerprint density at radius 1 is 0.769 bits per heavy atom. The molecule has 10 heteroatoms. The lowest BCUT2D eigenvalue weighted by Gasteiger charge is -2.21. The Labute approximate surface area is 224 Å². The maximum Gasteiger partial charge on any atom is 0.262 e. The number of carbonyl (C=O) groups excluding carboxylic acids is 1. The van der Waals surface area contributed by atoms with Gasteiger partial charge in [0, 0.05) is 47.6 Å². The molecule has 3 aliphatic rings. The van der Waals surface area contributed by atoms with E-state index in [1.807, 2.05) is 41.1 Å². The summed E-state index contributed by atoms with van der Waals surface area (Å²) in [5.74, 6) is 1.91. The third kappa shape index (κ3) is 4.17. The van der Waals surface area contributed by atoms with Crippen LogP contribution in [0.4, 0.5) is 5.69 Å². The van der Waals surface area contributed by atoms with Crippen LogP contribution in [-0.2, 0) is 10.0 Å². The highest BCUT2D eigenvalue weighted by molar-refractivity contribution is 7.92. The minimum Gasteiger partial charge on any atom is -0.486 e. The first-order chi connectivity index (χ1) is 19.0. The van der Waals surface area contributed by atoms with E-state index in [-0.39, 0.29) is 23.0 Å². The number of rotatable bonds is 4. The van der Waals surface area contributed by atoms with Crippen molar-refractivity contribution in [2.75, 3.05) is 31.1 Å². The summed E-state index contributed by atoms with van der Waals surface area (Å²) in [5, 5.41) is 0. The molecule has 0 bridgehead atoms. The summed E-state index contributed by atoms with van der Waals surface area (Å²) in [4.78, 5) is 13.5. The van der Waals surface area contributed by atoms with E-state index in [1.54, 1.807) is 24.3 Å². The number of nitrogens with one attached hydrogen (secondary N) is 1. The summed E-state index contributed by atoms with van der Waals surface area (Å²) in [5.41, 5.74) is 3.62. The number of aromatic nitrogens is 1. The second-order valence-corrected chi connectivity index (χ2v) is 11.2. The van der Waals surface area contributed by atoms with Crippen LogP contribution < -0.4 is 23.7 Å². The number of nitrogens with zero attached hydrogens (tertiary/aromatic N) is 1. The second-order valence-electron chi connectivity index (χ2n) is 9.53. The number of benzene rings is 3. The van der Waals surface area contributed by atoms with E-state index < -0.39 is 10.0 Å². The van der Waals surface area contributed by atoms with E-state index in [0.29, 0.717) is 60.7 Å². The van der Waals surface area contributed by atoms with Crippen LogP contribution in [0.1, 0.15) is 34.0 Å². The standard InChI is InChI=1S/C29H24N2O7S/c32-25-15-21(23-2-1-9-31(23)24-17-29-28(16-22(24)25)37-12-13-38-29)18-3-5-19(6-4-18)30-39(33,34)20-7-8-26-27(14-20)36-11-10-35-26/h1-9,14,16-17,21,30H,10-13,15H2/t21-/m0/s1. The fourth-order valence-corrected chi connectivity index (χ4v) is 6.35. The summed E-state index contributed by atoms with van der Waals surface area (Å²) >= 11 is 0. The van der Waals surface area contributed by atoms with Crippen LogP contribution >= 0.6 is 0 Å². The molecule has 3 aromatic carbocycles. The first-order valence-electron chi connectivity index (χ1n) is 12.6. The van der Waals surface area contributed by atoms with Crippen LogP contribution in [0.15, 0.2) is 77.8 Å². The molecule has 0 saturated carbocycles. The van der Waals surface area contributed by atoms with Crippen LogP contribution in [0.25, 0.3) is 5.69 Å². The number of Topliss-reactive ketones (excluding diaryl/α,β-unsaturated/α-hetero) is 1. The van der Waals surface area contributed by atoms with Gasteiger partial charge in [-0.25, -0.2) is 8.42 Å². The molecule has 4 aromatic rings. The van der Waals surface area contributed by atoms with Crippen molar-refractivity contribution < 1.29 is 32.2 Å². The minimum absolute atomic E-state index is 0.000870. The van der Waals surface area contributed by atoms with Crippen molar-refractivity contribution in [3.8, 4) is 28.7 Å². The lowest BCUT2D eigenvalue weighted by Crippen LogP contribution is -2.17. The highest BCUT2D eigenvalue weighted by Crippen LogP contribution is 2.41. The maximum atomic E-state index is 13.4. The number of hydrogen-bond acceptors (Lipinski definition) is 7. The van der Waals surface area contributed by atoms with E-state index in [4.69, 9.17) is 18.9 Å².